The zero-order chi connectivity index (χ0) is 17.8. The normalized spacial score (nSPS) is 10.6. The Morgan fingerprint density at radius 1 is 1.12 bits per heavy atom. The molecule has 0 aliphatic rings. The van der Waals surface area contributed by atoms with Crippen LogP contribution in [0, 0.1) is 24.0 Å². The van der Waals surface area contributed by atoms with Crippen LogP contribution in [0.25, 0.3) is 11.5 Å². The zero-order valence-electron chi connectivity index (χ0n) is 14.1. The molecule has 0 unspecified atom stereocenters. The van der Waals surface area contributed by atoms with E-state index in [1.165, 1.54) is 6.07 Å². The van der Waals surface area contributed by atoms with Gasteiger partial charge in [-0.25, -0.2) is 4.98 Å². The van der Waals surface area contributed by atoms with E-state index < -0.39 is 4.92 Å². The van der Waals surface area contributed by atoms with E-state index in [-0.39, 0.29) is 5.69 Å². The number of nitrogens with zero attached hydrogens (tertiary/aromatic N) is 2. The molecule has 0 amide bonds. The maximum absolute atomic E-state index is 11.0. The fourth-order valence-corrected chi connectivity index (χ4v) is 2.58. The third kappa shape index (κ3) is 3.68. The first-order valence-corrected chi connectivity index (χ1v) is 7.95. The summed E-state index contributed by atoms with van der Waals surface area (Å²) in [5.41, 5.74) is 2.32. The van der Waals surface area contributed by atoms with E-state index in [1.807, 2.05) is 37.3 Å². The second-order valence-corrected chi connectivity index (χ2v) is 5.64. The van der Waals surface area contributed by atoms with Crippen molar-refractivity contribution in [1.82, 2.24) is 4.98 Å². The maximum Gasteiger partial charge on any atom is 0.276 e. The number of nitro groups is 1. The Labute approximate surface area is 145 Å². The van der Waals surface area contributed by atoms with E-state index in [9.17, 15) is 10.1 Å². The molecule has 0 aliphatic heterocycles. The number of aryl methyl sites for hydroxylation is 1. The van der Waals surface area contributed by atoms with Crippen LogP contribution in [0.4, 0.5) is 5.69 Å². The van der Waals surface area contributed by atoms with Gasteiger partial charge in [0.2, 0.25) is 5.89 Å². The molecular weight excluding hydrogens is 320 g/mol. The Kier molecular flexibility index (Phi) is 4.79. The van der Waals surface area contributed by atoms with Crippen molar-refractivity contribution in [1.29, 1.82) is 0 Å². The van der Waals surface area contributed by atoms with Crippen LogP contribution in [0.2, 0.25) is 0 Å². The fraction of sp³-hybridized carbons (Fsp3) is 0.211. The fourth-order valence-electron chi connectivity index (χ4n) is 2.58. The van der Waals surface area contributed by atoms with E-state index in [2.05, 4.69) is 4.98 Å². The molecular formula is C19H18N2O4. The second kappa shape index (κ2) is 7.17. The van der Waals surface area contributed by atoms with Crippen LogP contribution in [0.1, 0.15) is 17.0 Å². The summed E-state index contributed by atoms with van der Waals surface area (Å²) in [5, 5.41) is 11.0. The summed E-state index contributed by atoms with van der Waals surface area (Å²) in [6.07, 6.45) is 0.560. The Hall–Kier alpha value is -3.15. The van der Waals surface area contributed by atoms with E-state index in [4.69, 9.17) is 9.15 Å². The van der Waals surface area contributed by atoms with Gasteiger partial charge < -0.3 is 9.15 Å². The largest absolute Gasteiger partial charge is 0.493 e. The Morgan fingerprint density at radius 2 is 1.88 bits per heavy atom. The number of nitro benzene ring substituents is 1. The monoisotopic (exact) mass is 338 g/mol. The summed E-state index contributed by atoms with van der Waals surface area (Å²) in [5.74, 6) is 1.84. The molecule has 6 heteroatoms. The summed E-state index contributed by atoms with van der Waals surface area (Å²) < 4.78 is 11.4. The SMILES string of the molecule is Cc1oc(-c2ccccc2)nc1CCOc1cccc([N+](=O)[O-])c1C. The molecule has 0 radical (unpaired) electrons. The third-order valence-electron chi connectivity index (χ3n) is 3.96. The number of oxazole rings is 1. The van der Waals surface area contributed by atoms with Gasteiger partial charge in [-0.05, 0) is 32.0 Å². The molecule has 0 spiro atoms. The predicted octanol–water partition coefficient (Wildman–Crippen LogP) is 4.49. The van der Waals surface area contributed by atoms with Crippen LogP contribution in [0.3, 0.4) is 0 Å². The summed E-state index contributed by atoms with van der Waals surface area (Å²) in [4.78, 5) is 15.1. The average Bonchev–Trinajstić information content (AvgIpc) is 2.98. The van der Waals surface area contributed by atoms with Crippen molar-refractivity contribution in [3.05, 3.63) is 75.7 Å². The minimum Gasteiger partial charge on any atom is -0.493 e. The van der Waals surface area contributed by atoms with Crippen molar-refractivity contribution in [2.75, 3.05) is 6.61 Å². The zero-order valence-corrected chi connectivity index (χ0v) is 14.1. The molecule has 0 aliphatic carbocycles. The molecule has 0 atom stereocenters. The summed E-state index contributed by atoms with van der Waals surface area (Å²) in [6.45, 7) is 3.92. The smallest absolute Gasteiger partial charge is 0.276 e. The average molecular weight is 338 g/mol. The topological polar surface area (TPSA) is 78.4 Å². The lowest BCUT2D eigenvalue weighted by atomic mass is 10.2. The molecule has 0 saturated carbocycles. The minimum atomic E-state index is -0.407. The lowest BCUT2D eigenvalue weighted by Crippen LogP contribution is -2.04. The second-order valence-electron chi connectivity index (χ2n) is 5.64. The van der Waals surface area contributed by atoms with Crippen LogP contribution in [0.5, 0.6) is 5.75 Å². The molecule has 0 fully saturated rings. The number of aromatic nitrogens is 1. The van der Waals surface area contributed by atoms with Gasteiger partial charge in [0.1, 0.15) is 11.5 Å². The predicted molar refractivity (Wildman–Crippen MR) is 93.7 cm³/mol. The van der Waals surface area contributed by atoms with Gasteiger partial charge in [-0.3, -0.25) is 10.1 Å². The van der Waals surface area contributed by atoms with E-state index in [1.54, 1.807) is 19.1 Å². The van der Waals surface area contributed by atoms with Crippen LogP contribution in [-0.4, -0.2) is 16.5 Å². The Bertz CT molecular complexity index is 888. The van der Waals surface area contributed by atoms with Gasteiger partial charge in [0.05, 0.1) is 22.8 Å². The van der Waals surface area contributed by atoms with Crippen LogP contribution >= 0.6 is 0 Å². The van der Waals surface area contributed by atoms with Crippen molar-refractivity contribution in [3.63, 3.8) is 0 Å². The third-order valence-corrected chi connectivity index (χ3v) is 3.96. The molecule has 1 heterocycles. The summed E-state index contributed by atoms with van der Waals surface area (Å²) in [7, 11) is 0. The summed E-state index contributed by atoms with van der Waals surface area (Å²) >= 11 is 0. The van der Waals surface area contributed by atoms with Crippen LogP contribution in [-0.2, 0) is 6.42 Å². The van der Waals surface area contributed by atoms with Crippen LogP contribution < -0.4 is 4.74 Å². The number of benzene rings is 2. The molecule has 128 valence electrons. The molecule has 2 aromatic carbocycles. The highest BCUT2D eigenvalue weighted by Gasteiger charge is 2.15. The number of hydrogen-bond donors (Lipinski definition) is 0. The Morgan fingerprint density at radius 3 is 2.60 bits per heavy atom. The summed E-state index contributed by atoms with van der Waals surface area (Å²) in [6, 6.07) is 14.5. The van der Waals surface area contributed by atoms with E-state index >= 15 is 0 Å². The maximum atomic E-state index is 11.0. The highest BCUT2D eigenvalue weighted by molar-refractivity contribution is 5.53. The molecule has 0 bridgehead atoms. The molecule has 25 heavy (non-hydrogen) atoms. The quantitative estimate of drug-likeness (QED) is 0.489. The van der Waals surface area contributed by atoms with Gasteiger partial charge in [-0.1, -0.05) is 24.3 Å². The van der Waals surface area contributed by atoms with Crippen molar-refractivity contribution in [2.45, 2.75) is 20.3 Å². The highest BCUT2D eigenvalue weighted by atomic mass is 16.6. The van der Waals surface area contributed by atoms with Crippen LogP contribution in [0.15, 0.2) is 52.9 Å². The first-order chi connectivity index (χ1) is 12.1. The van der Waals surface area contributed by atoms with Gasteiger partial charge >= 0.3 is 0 Å². The minimum absolute atomic E-state index is 0.0569. The molecule has 0 N–H and O–H groups in total. The Balaban J connectivity index is 1.68. The van der Waals surface area contributed by atoms with Gasteiger partial charge in [0, 0.05) is 18.1 Å². The van der Waals surface area contributed by atoms with E-state index in [0.29, 0.717) is 30.2 Å². The van der Waals surface area contributed by atoms with Gasteiger partial charge in [-0.2, -0.15) is 0 Å². The van der Waals surface area contributed by atoms with Crippen molar-refractivity contribution >= 4 is 5.69 Å². The molecule has 3 aromatic rings. The number of hydrogen-bond acceptors (Lipinski definition) is 5. The number of ether oxygens (including phenoxy) is 1. The van der Waals surface area contributed by atoms with Gasteiger partial charge in [0.25, 0.3) is 5.69 Å². The molecule has 3 rings (SSSR count). The standard InChI is InChI=1S/C19H18N2O4/c1-13-17(21(22)23)9-6-10-18(13)24-12-11-16-14(2)25-19(20-16)15-7-4-3-5-8-15/h3-10H,11-12H2,1-2H3. The van der Waals surface area contributed by atoms with Crippen molar-refractivity contribution in [2.24, 2.45) is 0 Å². The lowest BCUT2D eigenvalue weighted by Gasteiger charge is -2.08. The molecule has 6 nitrogen and oxygen atoms in total. The first-order valence-electron chi connectivity index (χ1n) is 7.95. The van der Waals surface area contributed by atoms with Crippen molar-refractivity contribution in [3.8, 4) is 17.2 Å². The van der Waals surface area contributed by atoms with Gasteiger partial charge in [-0.15, -0.1) is 0 Å². The van der Waals surface area contributed by atoms with Gasteiger partial charge in [0.15, 0.2) is 0 Å². The first kappa shape index (κ1) is 16.7. The highest BCUT2D eigenvalue weighted by Crippen LogP contribution is 2.27. The lowest BCUT2D eigenvalue weighted by molar-refractivity contribution is -0.385. The molecule has 0 saturated heterocycles. The van der Waals surface area contributed by atoms with E-state index in [0.717, 1.165) is 17.0 Å². The van der Waals surface area contributed by atoms with Crippen molar-refractivity contribution < 1.29 is 14.1 Å². The number of rotatable bonds is 6. The molecule has 1 aromatic heterocycles.